The van der Waals surface area contributed by atoms with Crippen molar-refractivity contribution in [1.82, 2.24) is 20.2 Å². The molecule has 4 heterocycles. The number of nitrogens with zero attached hydrogens (tertiary/aromatic N) is 4. The lowest BCUT2D eigenvalue weighted by Crippen LogP contribution is -2.57. The third-order valence-electron chi connectivity index (χ3n) is 8.11. The molecule has 0 bridgehead atoms. The van der Waals surface area contributed by atoms with Gasteiger partial charge in [0.05, 0.1) is 19.8 Å². The van der Waals surface area contributed by atoms with Crippen LogP contribution >= 0.6 is 0 Å². The zero-order valence-electron chi connectivity index (χ0n) is 23.4. The fourth-order valence-electron chi connectivity index (χ4n) is 5.87. The van der Waals surface area contributed by atoms with Gasteiger partial charge in [-0.25, -0.2) is 9.97 Å². The van der Waals surface area contributed by atoms with Gasteiger partial charge in [0, 0.05) is 29.7 Å². The second-order valence-electron chi connectivity index (χ2n) is 10.7. The van der Waals surface area contributed by atoms with E-state index in [4.69, 9.17) is 14.9 Å². The summed E-state index contributed by atoms with van der Waals surface area (Å²) in [5, 5.41) is 3.25. The first-order valence-corrected chi connectivity index (χ1v) is 13.8. The predicted octanol–water partition coefficient (Wildman–Crippen LogP) is 4.51. The van der Waals surface area contributed by atoms with E-state index >= 15 is 0 Å². The average Bonchev–Trinajstić information content (AvgIpc) is 3.58. The van der Waals surface area contributed by atoms with Crippen LogP contribution in [0.15, 0.2) is 59.0 Å². The maximum atomic E-state index is 13.8. The van der Waals surface area contributed by atoms with Gasteiger partial charge in [-0.15, -0.1) is 0 Å². The van der Waals surface area contributed by atoms with Gasteiger partial charge in [0.25, 0.3) is 5.91 Å². The van der Waals surface area contributed by atoms with Crippen molar-refractivity contribution in [3.63, 3.8) is 0 Å². The standard InChI is InChI=1S/C30H29F3N6O4/c1-17(34)25-24(27(40)38-14-12-29(13-15-38)28(41)35-16-39(29)18-6-4-3-5-7-18)37-26(43-25)20-8-10-21(42-2)23-19(20)9-11-22(36-23)30(31,32)33/h3-11,17H,12-16,34H2,1-2H3,(H,35,41). The van der Waals surface area contributed by atoms with Gasteiger partial charge in [0.15, 0.2) is 11.5 Å². The van der Waals surface area contributed by atoms with Gasteiger partial charge in [-0.1, -0.05) is 18.2 Å². The number of piperidine rings is 1. The Labute approximate surface area is 244 Å². The minimum Gasteiger partial charge on any atom is -0.494 e. The van der Waals surface area contributed by atoms with E-state index in [1.807, 2.05) is 35.2 Å². The van der Waals surface area contributed by atoms with Gasteiger partial charge < -0.3 is 30.0 Å². The number of hydrogen-bond donors (Lipinski definition) is 2. The molecule has 2 aromatic heterocycles. The van der Waals surface area contributed by atoms with Crippen LogP contribution in [-0.4, -0.2) is 59.1 Å². The van der Waals surface area contributed by atoms with Crippen LogP contribution in [0.2, 0.25) is 0 Å². The number of amides is 2. The number of nitrogens with two attached hydrogens (primary N) is 1. The van der Waals surface area contributed by atoms with Crippen molar-refractivity contribution in [3.05, 3.63) is 71.7 Å². The maximum Gasteiger partial charge on any atom is 0.433 e. The van der Waals surface area contributed by atoms with E-state index in [9.17, 15) is 22.8 Å². The Morgan fingerprint density at radius 1 is 1.09 bits per heavy atom. The molecule has 1 unspecified atom stereocenters. The van der Waals surface area contributed by atoms with Gasteiger partial charge in [-0.05, 0) is 56.2 Å². The van der Waals surface area contributed by atoms with Crippen LogP contribution in [0, 0.1) is 0 Å². The van der Waals surface area contributed by atoms with E-state index in [1.54, 1.807) is 17.9 Å². The van der Waals surface area contributed by atoms with Crippen molar-refractivity contribution in [1.29, 1.82) is 0 Å². The van der Waals surface area contributed by atoms with Crippen molar-refractivity contribution in [2.24, 2.45) is 5.73 Å². The Bertz CT molecular complexity index is 1700. The van der Waals surface area contributed by atoms with Crippen LogP contribution in [0.1, 0.15) is 47.7 Å². The number of alkyl halides is 3. The van der Waals surface area contributed by atoms with Crippen molar-refractivity contribution < 1.29 is 31.9 Å². The molecule has 3 N–H and O–H groups in total. The molecule has 0 aliphatic carbocycles. The molecule has 2 fully saturated rings. The lowest BCUT2D eigenvalue weighted by Gasteiger charge is -2.43. The Hall–Kier alpha value is -4.65. The summed E-state index contributed by atoms with van der Waals surface area (Å²) in [5.74, 6) is -0.172. The Kier molecular flexibility index (Phi) is 6.99. The highest BCUT2D eigenvalue weighted by Gasteiger charge is 2.51. The van der Waals surface area contributed by atoms with Crippen LogP contribution < -0.4 is 20.7 Å². The topological polar surface area (TPSA) is 127 Å². The lowest BCUT2D eigenvalue weighted by atomic mass is 9.85. The number of methoxy groups -OCH3 is 1. The zero-order valence-corrected chi connectivity index (χ0v) is 23.4. The molecule has 2 aliphatic heterocycles. The molecule has 2 amide bonds. The first-order valence-electron chi connectivity index (χ1n) is 13.8. The molecule has 1 atom stereocenters. The number of para-hydroxylation sites is 1. The third kappa shape index (κ3) is 4.83. The van der Waals surface area contributed by atoms with E-state index in [-0.39, 0.29) is 34.5 Å². The molecule has 13 heteroatoms. The third-order valence-corrected chi connectivity index (χ3v) is 8.11. The number of benzene rings is 2. The molecule has 0 radical (unpaired) electrons. The fourth-order valence-corrected chi connectivity index (χ4v) is 5.87. The van der Waals surface area contributed by atoms with Crippen LogP contribution in [-0.2, 0) is 11.0 Å². The lowest BCUT2D eigenvalue weighted by molar-refractivity contribution is -0.141. The SMILES string of the molecule is COc1ccc(-c2nc(C(=O)N3CCC4(CC3)C(=O)NCN4c3ccccc3)c(C(C)N)o2)c2ccc(C(F)(F)F)nc12. The first kappa shape index (κ1) is 28.5. The van der Waals surface area contributed by atoms with Gasteiger partial charge in [0.1, 0.15) is 22.5 Å². The molecule has 4 aromatic rings. The van der Waals surface area contributed by atoms with E-state index < -0.39 is 29.4 Å². The summed E-state index contributed by atoms with van der Waals surface area (Å²) >= 11 is 0. The molecule has 0 saturated carbocycles. The highest BCUT2D eigenvalue weighted by Crippen LogP contribution is 2.39. The van der Waals surface area contributed by atoms with Gasteiger partial charge >= 0.3 is 6.18 Å². The molecular formula is C30H29F3N6O4. The molecule has 2 aliphatic rings. The molecule has 224 valence electrons. The smallest absolute Gasteiger partial charge is 0.433 e. The quantitative estimate of drug-likeness (QED) is 0.346. The van der Waals surface area contributed by atoms with E-state index in [1.165, 1.54) is 19.2 Å². The summed E-state index contributed by atoms with van der Waals surface area (Å²) in [4.78, 5) is 38.8. The second-order valence-corrected chi connectivity index (χ2v) is 10.7. The molecular weight excluding hydrogens is 565 g/mol. The molecule has 2 aromatic carbocycles. The van der Waals surface area contributed by atoms with Crippen LogP contribution in [0.4, 0.5) is 18.9 Å². The average molecular weight is 595 g/mol. The van der Waals surface area contributed by atoms with Gasteiger partial charge in [-0.2, -0.15) is 13.2 Å². The summed E-state index contributed by atoms with van der Waals surface area (Å²) in [6.07, 6.45) is -3.83. The largest absolute Gasteiger partial charge is 0.494 e. The van der Waals surface area contributed by atoms with Gasteiger partial charge in [-0.3, -0.25) is 9.59 Å². The highest BCUT2D eigenvalue weighted by molar-refractivity contribution is 5.99. The first-order chi connectivity index (χ1) is 20.5. The molecule has 2 saturated heterocycles. The van der Waals surface area contributed by atoms with Crippen LogP contribution in [0.25, 0.3) is 22.4 Å². The monoisotopic (exact) mass is 594 g/mol. The van der Waals surface area contributed by atoms with Crippen molar-refractivity contribution >= 4 is 28.4 Å². The van der Waals surface area contributed by atoms with Crippen molar-refractivity contribution in [3.8, 4) is 17.2 Å². The number of nitrogens with one attached hydrogen (secondary N) is 1. The van der Waals surface area contributed by atoms with Crippen molar-refractivity contribution in [2.45, 2.75) is 37.5 Å². The number of carbonyl (C=O) groups excluding carboxylic acids is 2. The summed E-state index contributed by atoms with van der Waals surface area (Å²) in [6, 6.07) is 14.1. The molecule has 6 rings (SSSR count). The van der Waals surface area contributed by atoms with Crippen LogP contribution in [0.5, 0.6) is 5.75 Å². The zero-order chi connectivity index (χ0) is 30.5. The number of carbonyl (C=O) groups is 2. The second kappa shape index (κ2) is 10.6. The number of rotatable bonds is 5. The number of fused-ring (bicyclic) bond motifs is 1. The normalized spacial score (nSPS) is 17.4. The maximum absolute atomic E-state index is 13.8. The molecule has 10 nitrogen and oxygen atoms in total. The number of aromatic nitrogens is 2. The Morgan fingerprint density at radius 2 is 1.81 bits per heavy atom. The van der Waals surface area contributed by atoms with E-state index in [0.717, 1.165) is 11.8 Å². The number of pyridine rings is 1. The number of likely N-dealkylation sites (tertiary alicyclic amines) is 1. The van der Waals surface area contributed by atoms with E-state index in [0.29, 0.717) is 43.5 Å². The summed E-state index contributed by atoms with van der Waals surface area (Å²) < 4.78 is 51.4. The summed E-state index contributed by atoms with van der Waals surface area (Å²) in [6.45, 7) is 2.63. The Balaban J connectivity index is 1.31. The molecule has 1 spiro atoms. The summed E-state index contributed by atoms with van der Waals surface area (Å²) in [5.41, 5.74) is 5.57. The Morgan fingerprint density at radius 3 is 2.47 bits per heavy atom. The number of halogens is 3. The number of hydrogen-bond acceptors (Lipinski definition) is 8. The molecule has 43 heavy (non-hydrogen) atoms. The predicted molar refractivity (Wildman–Crippen MR) is 151 cm³/mol. The number of anilines is 1. The van der Waals surface area contributed by atoms with Gasteiger partial charge in [0.2, 0.25) is 11.8 Å². The fraction of sp³-hybridized carbons (Fsp3) is 0.333. The minimum absolute atomic E-state index is 0.0144. The number of oxazole rings is 1. The van der Waals surface area contributed by atoms with E-state index in [2.05, 4.69) is 15.3 Å². The minimum atomic E-state index is -4.65. The number of ether oxygens (including phenoxy) is 1. The summed E-state index contributed by atoms with van der Waals surface area (Å²) in [7, 11) is 1.34. The van der Waals surface area contributed by atoms with Crippen molar-refractivity contribution in [2.75, 3.05) is 31.8 Å². The highest BCUT2D eigenvalue weighted by atomic mass is 19.4. The van der Waals surface area contributed by atoms with Crippen LogP contribution in [0.3, 0.4) is 0 Å².